The number of phenols is 1. The Kier molecular flexibility index (Phi) is 7.37. The van der Waals surface area contributed by atoms with Gasteiger partial charge >= 0.3 is 0 Å². The van der Waals surface area contributed by atoms with Crippen LogP contribution >= 0.6 is 11.3 Å². The lowest BCUT2D eigenvalue weighted by molar-refractivity contribution is -0.139. The maximum Gasteiger partial charge on any atom is 0.240 e. The fourth-order valence-electron chi connectivity index (χ4n) is 3.07. The zero-order valence-corrected chi connectivity index (χ0v) is 17.2. The number of carbonyl (C=O) groups is 2. The molecule has 1 heterocycles. The molecule has 5 N–H and O–H groups in total. The third-order valence-corrected chi connectivity index (χ3v) is 5.55. The molecule has 0 fully saturated rings. The van der Waals surface area contributed by atoms with Crippen molar-refractivity contribution in [1.29, 1.82) is 0 Å². The summed E-state index contributed by atoms with van der Waals surface area (Å²) in [6.45, 7) is 5.57. The average Bonchev–Trinajstić information content (AvgIpc) is 3.13. The minimum atomic E-state index is -0.820. The van der Waals surface area contributed by atoms with Gasteiger partial charge in [0, 0.05) is 11.4 Å². The number of carbonyl (C=O) groups excluding carboxylic acids is 2. The molecule has 0 aliphatic rings. The summed E-state index contributed by atoms with van der Waals surface area (Å²) in [4.78, 5) is 27.1. The molecule has 150 valence electrons. The van der Waals surface area contributed by atoms with Gasteiger partial charge in [-0.1, -0.05) is 12.1 Å². The first-order chi connectivity index (χ1) is 13.2. The van der Waals surface area contributed by atoms with E-state index in [2.05, 4.69) is 0 Å². The number of nitrogens with zero attached hydrogens (tertiary/aromatic N) is 1. The SMILES string of the molecule is Cc1cc(O)cc(C)c1C[C@H](N)C(=O)N(C/C=C/c1cccs1)[C@H](C)C(N)=O. The van der Waals surface area contributed by atoms with Crippen LogP contribution in [-0.4, -0.2) is 40.4 Å². The number of hydrogen-bond acceptors (Lipinski definition) is 5. The minimum absolute atomic E-state index is 0.182. The van der Waals surface area contributed by atoms with E-state index in [0.717, 1.165) is 21.6 Å². The van der Waals surface area contributed by atoms with Gasteiger partial charge in [-0.05, 0) is 73.5 Å². The molecular formula is C21H27N3O3S. The third-order valence-electron chi connectivity index (χ3n) is 4.71. The molecule has 6 nitrogen and oxygen atoms in total. The molecule has 2 aromatic rings. The monoisotopic (exact) mass is 401 g/mol. The van der Waals surface area contributed by atoms with Gasteiger partial charge < -0.3 is 21.5 Å². The molecule has 2 atom stereocenters. The number of amides is 2. The molecule has 0 spiro atoms. The summed E-state index contributed by atoms with van der Waals surface area (Å²) >= 11 is 1.58. The van der Waals surface area contributed by atoms with Gasteiger partial charge in [0.2, 0.25) is 11.8 Å². The lowest BCUT2D eigenvalue weighted by Gasteiger charge is -2.29. The van der Waals surface area contributed by atoms with Crippen LogP contribution in [0.4, 0.5) is 0 Å². The van der Waals surface area contributed by atoms with Gasteiger partial charge in [0.1, 0.15) is 11.8 Å². The van der Waals surface area contributed by atoms with Gasteiger partial charge in [-0.15, -0.1) is 11.3 Å². The standard InChI is InChI=1S/C21H27N3O3S/c1-13-10-16(25)11-14(2)18(13)12-19(22)21(27)24(15(3)20(23)26)8-4-6-17-7-5-9-28-17/h4-7,9-11,15,19,25H,8,12,22H2,1-3H3,(H2,23,26)/b6-4+/t15-,19+/m1/s1. The molecule has 0 saturated carbocycles. The quantitative estimate of drug-likeness (QED) is 0.631. The number of hydrogen-bond donors (Lipinski definition) is 3. The average molecular weight is 402 g/mol. The molecule has 2 rings (SSSR count). The first-order valence-corrected chi connectivity index (χ1v) is 9.93. The summed E-state index contributed by atoms with van der Waals surface area (Å²) in [5.74, 6) is -0.739. The van der Waals surface area contributed by atoms with Crippen molar-refractivity contribution in [1.82, 2.24) is 4.90 Å². The van der Waals surface area contributed by atoms with Crippen molar-refractivity contribution in [2.24, 2.45) is 11.5 Å². The number of benzene rings is 1. The van der Waals surface area contributed by atoms with Crippen LogP contribution in [-0.2, 0) is 16.0 Å². The lowest BCUT2D eigenvalue weighted by atomic mass is 9.95. The van der Waals surface area contributed by atoms with E-state index in [4.69, 9.17) is 11.5 Å². The van der Waals surface area contributed by atoms with Crippen LogP contribution in [0.25, 0.3) is 6.08 Å². The fraction of sp³-hybridized carbons (Fsp3) is 0.333. The zero-order valence-electron chi connectivity index (χ0n) is 16.4. The molecule has 1 aromatic heterocycles. The highest BCUT2D eigenvalue weighted by atomic mass is 32.1. The van der Waals surface area contributed by atoms with Gasteiger partial charge in [-0.3, -0.25) is 9.59 Å². The molecule has 28 heavy (non-hydrogen) atoms. The summed E-state index contributed by atoms with van der Waals surface area (Å²) in [6.07, 6.45) is 4.04. The first-order valence-electron chi connectivity index (χ1n) is 9.05. The minimum Gasteiger partial charge on any atom is -0.508 e. The van der Waals surface area contributed by atoms with Crippen LogP contribution < -0.4 is 11.5 Å². The summed E-state index contributed by atoms with van der Waals surface area (Å²) in [5.41, 5.74) is 14.3. The number of thiophene rings is 1. The van der Waals surface area contributed by atoms with E-state index >= 15 is 0 Å². The van der Waals surface area contributed by atoms with Crippen molar-refractivity contribution in [3.63, 3.8) is 0 Å². The van der Waals surface area contributed by atoms with Crippen LogP contribution in [0.1, 0.15) is 28.5 Å². The van der Waals surface area contributed by atoms with Gasteiger partial charge in [-0.25, -0.2) is 0 Å². The van der Waals surface area contributed by atoms with Gasteiger partial charge in [0.15, 0.2) is 0 Å². The highest BCUT2D eigenvalue weighted by Crippen LogP contribution is 2.22. The second-order valence-corrected chi connectivity index (χ2v) is 7.83. The van der Waals surface area contributed by atoms with Crippen LogP contribution in [0.5, 0.6) is 5.75 Å². The van der Waals surface area contributed by atoms with Crippen LogP contribution in [0.3, 0.4) is 0 Å². The first kappa shape index (κ1) is 21.7. The normalized spacial score (nSPS) is 13.4. The smallest absolute Gasteiger partial charge is 0.240 e. The molecule has 2 amide bonds. The topological polar surface area (TPSA) is 110 Å². The van der Waals surface area contributed by atoms with Gasteiger partial charge in [0.25, 0.3) is 0 Å². The van der Waals surface area contributed by atoms with Crippen molar-refractivity contribution in [2.75, 3.05) is 6.54 Å². The third kappa shape index (κ3) is 5.43. The Balaban J connectivity index is 2.17. The Labute approximate surface area is 169 Å². The van der Waals surface area contributed by atoms with Crippen LogP contribution in [0.2, 0.25) is 0 Å². The maximum absolute atomic E-state index is 13.0. The molecule has 0 bridgehead atoms. The van der Waals surface area contributed by atoms with Crippen molar-refractivity contribution in [2.45, 2.75) is 39.3 Å². The lowest BCUT2D eigenvalue weighted by Crippen LogP contribution is -2.52. The number of aromatic hydroxyl groups is 1. The van der Waals surface area contributed by atoms with Gasteiger partial charge in [0.05, 0.1) is 6.04 Å². The molecule has 0 radical (unpaired) electrons. The summed E-state index contributed by atoms with van der Waals surface area (Å²) in [5, 5.41) is 11.7. The predicted molar refractivity (Wildman–Crippen MR) is 113 cm³/mol. The fourth-order valence-corrected chi connectivity index (χ4v) is 3.72. The van der Waals surface area contributed by atoms with Crippen LogP contribution in [0, 0.1) is 13.8 Å². The highest BCUT2D eigenvalue weighted by Gasteiger charge is 2.28. The number of aryl methyl sites for hydroxylation is 2. The molecular weight excluding hydrogens is 374 g/mol. The van der Waals surface area contributed by atoms with E-state index in [1.807, 2.05) is 43.5 Å². The second kappa shape index (κ2) is 9.52. The zero-order chi connectivity index (χ0) is 20.8. The summed E-state index contributed by atoms with van der Waals surface area (Å²) in [6, 6.07) is 5.61. The van der Waals surface area contributed by atoms with E-state index in [1.54, 1.807) is 30.4 Å². The Bertz CT molecular complexity index is 839. The van der Waals surface area contributed by atoms with E-state index in [0.29, 0.717) is 6.42 Å². The molecule has 0 aliphatic carbocycles. The van der Waals surface area contributed by atoms with E-state index < -0.39 is 18.0 Å². The predicted octanol–water partition coefficient (Wildman–Crippen LogP) is 2.36. The molecule has 7 heteroatoms. The van der Waals surface area contributed by atoms with Crippen molar-refractivity contribution >= 4 is 29.2 Å². The molecule has 1 aromatic carbocycles. The number of nitrogens with two attached hydrogens (primary N) is 2. The van der Waals surface area contributed by atoms with Gasteiger partial charge in [-0.2, -0.15) is 0 Å². The second-order valence-electron chi connectivity index (χ2n) is 6.86. The Morgan fingerprint density at radius 2 is 1.93 bits per heavy atom. The van der Waals surface area contributed by atoms with Crippen molar-refractivity contribution in [3.05, 3.63) is 57.3 Å². The number of rotatable bonds is 8. The van der Waals surface area contributed by atoms with Crippen molar-refractivity contribution < 1.29 is 14.7 Å². The van der Waals surface area contributed by atoms with E-state index in [1.165, 1.54) is 4.90 Å². The van der Waals surface area contributed by atoms with E-state index in [-0.39, 0.29) is 18.2 Å². The Morgan fingerprint density at radius 1 is 1.29 bits per heavy atom. The van der Waals surface area contributed by atoms with Crippen LogP contribution in [0.15, 0.2) is 35.7 Å². The maximum atomic E-state index is 13.0. The Hall–Kier alpha value is -2.64. The molecule has 0 saturated heterocycles. The van der Waals surface area contributed by atoms with Crippen molar-refractivity contribution in [3.8, 4) is 5.75 Å². The number of phenolic OH excluding ortho intramolecular Hbond substituents is 1. The largest absolute Gasteiger partial charge is 0.508 e. The molecule has 0 unspecified atom stereocenters. The number of primary amides is 1. The summed E-state index contributed by atoms with van der Waals surface area (Å²) in [7, 11) is 0. The molecule has 0 aliphatic heterocycles. The highest BCUT2D eigenvalue weighted by molar-refractivity contribution is 7.10. The summed E-state index contributed by atoms with van der Waals surface area (Å²) < 4.78 is 0. The van der Waals surface area contributed by atoms with E-state index in [9.17, 15) is 14.7 Å². The Morgan fingerprint density at radius 3 is 2.46 bits per heavy atom.